The van der Waals surface area contributed by atoms with Gasteiger partial charge in [0.05, 0.1) is 12.2 Å². The molecule has 242 valence electrons. The largest absolute Gasteiger partial charge is 0.444 e. The number of likely N-dealkylation sites (N-methyl/N-ethyl adjacent to an activating group) is 2. The lowest BCUT2D eigenvalue weighted by molar-refractivity contribution is -0.151. The Bertz CT molecular complexity index is 1470. The van der Waals surface area contributed by atoms with Crippen LogP contribution in [0.5, 0.6) is 0 Å². The molecule has 0 spiro atoms. The smallest absolute Gasteiger partial charge is 0.410 e. The average molecular weight is 635 g/mol. The highest BCUT2D eigenvalue weighted by Gasteiger charge is 2.28. The van der Waals surface area contributed by atoms with Crippen LogP contribution in [0.25, 0.3) is 10.6 Å². The molecule has 3 aromatic rings. The van der Waals surface area contributed by atoms with Gasteiger partial charge in [0.1, 0.15) is 17.2 Å². The van der Waals surface area contributed by atoms with Crippen LogP contribution in [0.2, 0.25) is 0 Å². The molecule has 11 heteroatoms. The fourth-order valence-electron chi connectivity index (χ4n) is 5.02. The van der Waals surface area contributed by atoms with Gasteiger partial charge < -0.3 is 19.9 Å². The highest BCUT2D eigenvalue weighted by Crippen LogP contribution is 2.28. The average Bonchev–Trinajstić information content (AvgIpc) is 3.66. The van der Waals surface area contributed by atoms with E-state index in [2.05, 4.69) is 29.8 Å². The number of amides is 3. The molecule has 0 saturated heterocycles. The molecule has 0 bridgehead atoms. The molecule has 3 amide bonds. The van der Waals surface area contributed by atoms with Crippen molar-refractivity contribution in [1.82, 2.24) is 24.8 Å². The predicted molar refractivity (Wildman–Crippen MR) is 179 cm³/mol. The zero-order valence-electron chi connectivity index (χ0n) is 27.6. The second-order valence-electron chi connectivity index (χ2n) is 12.3. The normalized spacial score (nSPS) is 12.9. The predicted octanol–water partition coefficient (Wildman–Crippen LogP) is 5.57. The lowest BCUT2D eigenvalue weighted by Crippen LogP contribution is -2.50. The standard InChI is InChI=1S/C34H46N6O4S/c1-8-28-23-45-32(36-28)25-15-14-24(3)29(18-25)35-19-30(41)39(17-16-38(9-2)33(43)44-34(4,5)6)22-31(42)37(7)40-20-26-12-10-11-13-27(26)21-40/h10-15,18,23,35H,8-9,16-17,19-22H2,1-7H3. The van der Waals surface area contributed by atoms with Gasteiger partial charge in [0.25, 0.3) is 5.91 Å². The minimum Gasteiger partial charge on any atom is -0.444 e. The molecule has 0 unspecified atom stereocenters. The topological polar surface area (TPSA) is 98.3 Å². The Labute approximate surface area is 270 Å². The first-order valence-corrected chi connectivity index (χ1v) is 16.4. The summed E-state index contributed by atoms with van der Waals surface area (Å²) < 4.78 is 5.56. The van der Waals surface area contributed by atoms with E-state index in [0.29, 0.717) is 19.6 Å². The van der Waals surface area contributed by atoms with Crippen molar-refractivity contribution in [1.29, 1.82) is 0 Å². The number of anilines is 1. The van der Waals surface area contributed by atoms with E-state index in [1.54, 1.807) is 28.3 Å². The third kappa shape index (κ3) is 9.04. The maximum Gasteiger partial charge on any atom is 0.410 e. The Hall–Kier alpha value is -3.96. The fourth-order valence-corrected chi connectivity index (χ4v) is 5.92. The first-order valence-electron chi connectivity index (χ1n) is 15.5. The molecule has 0 saturated carbocycles. The van der Waals surface area contributed by atoms with E-state index in [-0.39, 0.29) is 38.0 Å². The van der Waals surface area contributed by atoms with E-state index < -0.39 is 11.7 Å². The van der Waals surface area contributed by atoms with Crippen LogP contribution in [0.3, 0.4) is 0 Å². The maximum absolute atomic E-state index is 13.7. The number of aromatic nitrogens is 1. The van der Waals surface area contributed by atoms with Crippen molar-refractivity contribution in [2.45, 2.75) is 66.7 Å². The minimum absolute atomic E-state index is 0.00686. The molecule has 1 aromatic heterocycles. The Morgan fingerprint density at radius 3 is 2.27 bits per heavy atom. The number of hydrogen-bond donors (Lipinski definition) is 1. The van der Waals surface area contributed by atoms with E-state index in [9.17, 15) is 14.4 Å². The zero-order valence-corrected chi connectivity index (χ0v) is 28.4. The fraction of sp³-hybridized carbons (Fsp3) is 0.471. The van der Waals surface area contributed by atoms with Gasteiger partial charge in [-0.25, -0.2) is 14.8 Å². The molecule has 10 nitrogen and oxygen atoms in total. The van der Waals surface area contributed by atoms with Crippen LogP contribution in [0.1, 0.15) is 57.0 Å². The molecule has 2 heterocycles. The summed E-state index contributed by atoms with van der Waals surface area (Å²) in [4.78, 5) is 47.8. The van der Waals surface area contributed by atoms with E-state index in [4.69, 9.17) is 9.72 Å². The molecule has 1 aliphatic rings. The number of aryl methyl sites for hydroxylation is 2. The molecular formula is C34H46N6O4S. The zero-order chi connectivity index (χ0) is 32.7. The number of thiazole rings is 1. The number of nitrogens with zero attached hydrogens (tertiary/aromatic N) is 5. The van der Waals surface area contributed by atoms with Gasteiger partial charge in [-0.05, 0) is 63.8 Å². The molecular weight excluding hydrogens is 588 g/mol. The summed E-state index contributed by atoms with van der Waals surface area (Å²) in [6, 6.07) is 14.2. The van der Waals surface area contributed by atoms with Gasteiger partial charge in [-0.3, -0.25) is 14.6 Å². The van der Waals surface area contributed by atoms with Crippen LogP contribution in [0.15, 0.2) is 47.8 Å². The van der Waals surface area contributed by atoms with Gasteiger partial charge in [-0.2, -0.15) is 0 Å². The Balaban J connectivity index is 1.46. The van der Waals surface area contributed by atoms with Crippen LogP contribution >= 0.6 is 11.3 Å². The number of carbonyl (C=O) groups is 3. The van der Waals surface area contributed by atoms with Gasteiger partial charge >= 0.3 is 6.09 Å². The van der Waals surface area contributed by atoms with Gasteiger partial charge in [0, 0.05) is 56.4 Å². The van der Waals surface area contributed by atoms with Crippen molar-refractivity contribution < 1.29 is 19.1 Å². The SMILES string of the molecule is CCc1csc(-c2ccc(C)c(NCC(=O)N(CCN(CC)C(=O)OC(C)(C)C)CC(=O)N(C)N3Cc4ccccc4C3)c2)n1. The molecule has 0 radical (unpaired) electrons. The van der Waals surface area contributed by atoms with Gasteiger partial charge in [-0.15, -0.1) is 11.3 Å². The quantitative estimate of drug-likeness (QED) is 0.278. The first-order chi connectivity index (χ1) is 21.4. The van der Waals surface area contributed by atoms with E-state index >= 15 is 0 Å². The molecule has 0 aliphatic carbocycles. The summed E-state index contributed by atoms with van der Waals surface area (Å²) in [6.45, 7) is 13.4. The van der Waals surface area contributed by atoms with E-state index in [0.717, 1.165) is 33.9 Å². The lowest BCUT2D eigenvalue weighted by Gasteiger charge is -2.32. The van der Waals surface area contributed by atoms with Crippen LogP contribution in [0.4, 0.5) is 10.5 Å². The highest BCUT2D eigenvalue weighted by atomic mass is 32.1. The number of hydrogen-bond acceptors (Lipinski definition) is 8. The van der Waals surface area contributed by atoms with Crippen molar-refractivity contribution >= 4 is 34.9 Å². The minimum atomic E-state index is -0.640. The van der Waals surface area contributed by atoms with Gasteiger partial charge in [0.15, 0.2) is 0 Å². The Morgan fingerprint density at radius 2 is 1.67 bits per heavy atom. The summed E-state index contributed by atoms with van der Waals surface area (Å²) in [5.74, 6) is -0.445. The second kappa shape index (κ2) is 14.9. The Morgan fingerprint density at radius 1 is 1.00 bits per heavy atom. The van der Waals surface area contributed by atoms with Crippen molar-refractivity contribution in [3.05, 3.63) is 70.2 Å². The summed E-state index contributed by atoms with van der Waals surface area (Å²) in [7, 11) is 1.74. The number of carbonyl (C=O) groups excluding carboxylic acids is 3. The van der Waals surface area contributed by atoms with Crippen LogP contribution in [0, 0.1) is 6.92 Å². The summed E-state index contributed by atoms with van der Waals surface area (Å²) in [5.41, 5.74) is 5.59. The van der Waals surface area contributed by atoms with Crippen molar-refractivity contribution in [3.8, 4) is 10.6 Å². The number of rotatable bonds is 12. The molecule has 0 fully saturated rings. The molecule has 1 aliphatic heterocycles. The molecule has 1 N–H and O–H groups in total. The van der Waals surface area contributed by atoms with E-state index in [1.165, 1.54) is 16.0 Å². The van der Waals surface area contributed by atoms with Gasteiger partial charge in [-0.1, -0.05) is 43.3 Å². The molecule has 45 heavy (non-hydrogen) atoms. The molecule has 0 atom stereocenters. The molecule has 4 rings (SSSR count). The number of ether oxygens (including phenoxy) is 1. The number of hydrazine groups is 1. The van der Waals surface area contributed by atoms with Crippen molar-refractivity contribution in [2.75, 3.05) is 45.1 Å². The second-order valence-corrected chi connectivity index (χ2v) is 13.1. The maximum atomic E-state index is 13.7. The van der Waals surface area contributed by atoms with Crippen molar-refractivity contribution in [3.63, 3.8) is 0 Å². The highest BCUT2D eigenvalue weighted by molar-refractivity contribution is 7.13. The number of nitrogens with one attached hydrogen (secondary N) is 1. The first kappa shape index (κ1) is 33.9. The summed E-state index contributed by atoms with van der Waals surface area (Å²) in [5, 5.41) is 9.87. The molecule has 2 aromatic carbocycles. The van der Waals surface area contributed by atoms with Gasteiger partial charge in [0.2, 0.25) is 5.91 Å². The Kier molecular flexibility index (Phi) is 11.2. The monoisotopic (exact) mass is 634 g/mol. The van der Waals surface area contributed by atoms with E-state index in [1.807, 2.05) is 70.0 Å². The van der Waals surface area contributed by atoms with Crippen LogP contribution < -0.4 is 5.32 Å². The lowest BCUT2D eigenvalue weighted by atomic mass is 10.1. The van der Waals surface area contributed by atoms with Crippen LogP contribution in [-0.4, -0.2) is 88.1 Å². The third-order valence-electron chi connectivity index (χ3n) is 7.79. The van der Waals surface area contributed by atoms with Crippen molar-refractivity contribution in [2.24, 2.45) is 0 Å². The summed E-state index contributed by atoms with van der Waals surface area (Å²) in [6.07, 6.45) is 0.425. The number of benzene rings is 2. The third-order valence-corrected chi connectivity index (χ3v) is 8.73. The summed E-state index contributed by atoms with van der Waals surface area (Å²) >= 11 is 1.60. The number of fused-ring (bicyclic) bond motifs is 1. The van der Waals surface area contributed by atoms with Crippen LogP contribution in [-0.2, 0) is 33.8 Å².